The first kappa shape index (κ1) is 14.7. The Morgan fingerprint density at radius 2 is 2.32 bits per heavy atom. The Labute approximate surface area is 129 Å². The summed E-state index contributed by atoms with van der Waals surface area (Å²) in [5, 5.41) is 3.98. The molecule has 0 radical (unpaired) electrons. The zero-order valence-corrected chi connectivity index (χ0v) is 13.0. The van der Waals surface area contributed by atoms with Gasteiger partial charge < -0.3 is 9.42 Å². The molecule has 3 rings (SSSR count). The monoisotopic (exact) mass is 300 g/mol. The fourth-order valence-corrected chi connectivity index (χ4v) is 3.02. The van der Waals surface area contributed by atoms with Gasteiger partial charge in [0.05, 0.1) is 11.4 Å². The quantitative estimate of drug-likeness (QED) is 0.870. The van der Waals surface area contributed by atoms with Crippen molar-refractivity contribution in [2.45, 2.75) is 39.0 Å². The highest BCUT2D eigenvalue weighted by Crippen LogP contribution is 2.27. The predicted octanol–water partition coefficient (Wildman–Crippen LogP) is 2.36. The van der Waals surface area contributed by atoms with E-state index >= 15 is 0 Å². The van der Waals surface area contributed by atoms with Gasteiger partial charge in [0.15, 0.2) is 0 Å². The number of nitrogens with zero attached hydrogens (tertiary/aromatic N) is 4. The molecule has 2 aromatic rings. The average molecular weight is 300 g/mol. The molecular weight excluding hydrogens is 280 g/mol. The van der Waals surface area contributed by atoms with E-state index in [0.717, 1.165) is 30.8 Å². The van der Waals surface area contributed by atoms with Gasteiger partial charge in [0, 0.05) is 37.6 Å². The third kappa shape index (κ3) is 2.73. The van der Waals surface area contributed by atoms with Crippen LogP contribution in [0.5, 0.6) is 0 Å². The molecule has 6 heteroatoms. The summed E-state index contributed by atoms with van der Waals surface area (Å²) in [5.74, 6) is 0.865. The van der Waals surface area contributed by atoms with Crippen LogP contribution in [0.15, 0.2) is 23.1 Å². The summed E-state index contributed by atoms with van der Waals surface area (Å²) >= 11 is 0. The molecule has 1 amide bonds. The Bertz CT molecular complexity index is 653. The van der Waals surface area contributed by atoms with Crippen LogP contribution in [-0.4, -0.2) is 39.0 Å². The summed E-state index contributed by atoms with van der Waals surface area (Å²) in [6, 6.07) is 0. The van der Waals surface area contributed by atoms with Gasteiger partial charge in [0.25, 0.3) is 5.91 Å². The van der Waals surface area contributed by atoms with Crippen LogP contribution in [-0.2, 0) is 6.42 Å². The lowest BCUT2D eigenvalue weighted by Crippen LogP contribution is -2.39. The Hall–Kier alpha value is -2.24. The summed E-state index contributed by atoms with van der Waals surface area (Å²) in [6.45, 7) is 5.21. The van der Waals surface area contributed by atoms with Crippen molar-refractivity contribution in [3.05, 3.63) is 41.3 Å². The molecule has 6 nitrogen and oxygen atoms in total. The van der Waals surface area contributed by atoms with Crippen LogP contribution in [0.25, 0.3) is 0 Å². The molecule has 1 fully saturated rings. The van der Waals surface area contributed by atoms with Crippen molar-refractivity contribution in [2.24, 2.45) is 0 Å². The highest BCUT2D eigenvalue weighted by molar-refractivity contribution is 5.96. The predicted molar refractivity (Wildman–Crippen MR) is 80.5 cm³/mol. The van der Waals surface area contributed by atoms with E-state index in [2.05, 4.69) is 15.1 Å². The number of aromatic nitrogens is 3. The van der Waals surface area contributed by atoms with Crippen molar-refractivity contribution in [1.29, 1.82) is 0 Å². The first-order valence-electron chi connectivity index (χ1n) is 7.71. The van der Waals surface area contributed by atoms with Gasteiger partial charge in [-0.15, -0.1) is 0 Å². The Morgan fingerprint density at radius 1 is 1.45 bits per heavy atom. The second kappa shape index (κ2) is 6.25. The Morgan fingerprint density at radius 3 is 3.05 bits per heavy atom. The van der Waals surface area contributed by atoms with Crippen molar-refractivity contribution in [3.63, 3.8) is 0 Å². The number of amides is 1. The van der Waals surface area contributed by atoms with Gasteiger partial charge in [-0.1, -0.05) is 12.1 Å². The lowest BCUT2D eigenvalue weighted by Gasteiger charge is -2.32. The van der Waals surface area contributed by atoms with Crippen LogP contribution >= 0.6 is 0 Å². The largest absolute Gasteiger partial charge is 0.361 e. The minimum atomic E-state index is 0.0178. The van der Waals surface area contributed by atoms with Gasteiger partial charge in [-0.2, -0.15) is 0 Å². The molecule has 1 aliphatic rings. The number of carbonyl (C=O) groups excluding carboxylic acids is 1. The van der Waals surface area contributed by atoms with Crippen LogP contribution in [0.2, 0.25) is 0 Å². The smallest absolute Gasteiger partial charge is 0.259 e. The second-order valence-corrected chi connectivity index (χ2v) is 5.63. The summed E-state index contributed by atoms with van der Waals surface area (Å²) in [4.78, 5) is 23.2. The number of aryl methyl sites for hydroxylation is 2. The molecule has 116 valence electrons. The number of hydrogen-bond donors (Lipinski definition) is 0. The molecule has 2 aromatic heterocycles. The Kier molecular flexibility index (Phi) is 4.18. The summed E-state index contributed by atoms with van der Waals surface area (Å²) in [6.07, 6.45) is 7.86. The van der Waals surface area contributed by atoms with E-state index in [4.69, 9.17) is 4.52 Å². The van der Waals surface area contributed by atoms with Gasteiger partial charge in [-0.05, 0) is 26.2 Å². The van der Waals surface area contributed by atoms with Crippen molar-refractivity contribution in [2.75, 3.05) is 13.1 Å². The normalized spacial score (nSPS) is 18.5. The van der Waals surface area contributed by atoms with E-state index in [1.165, 1.54) is 0 Å². The third-order valence-corrected chi connectivity index (χ3v) is 4.19. The molecule has 0 N–H and O–H groups in total. The van der Waals surface area contributed by atoms with Crippen LogP contribution < -0.4 is 0 Å². The fraction of sp³-hybridized carbons (Fsp3) is 0.500. The van der Waals surface area contributed by atoms with E-state index in [0.29, 0.717) is 24.3 Å². The maximum atomic E-state index is 12.8. The molecule has 22 heavy (non-hydrogen) atoms. The highest BCUT2D eigenvalue weighted by atomic mass is 16.5. The molecule has 1 aliphatic heterocycles. The minimum Gasteiger partial charge on any atom is -0.361 e. The first-order valence-corrected chi connectivity index (χ1v) is 7.71. The van der Waals surface area contributed by atoms with Crippen molar-refractivity contribution in [1.82, 2.24) is 20.0 Å². The maximum Gasteiger partial charge on any atom is 0.259 e. The van der Waals surface area contributed by atoms with Crippen LogP contribution in [0, 0.1) is 6.92 Å². The van der Waals surface area contributed by atoms with Crippen LogP contribution in [0.4, 0.5) is 0 Å². The van der Waals surface area contributed by atoms with E-state index in [9.17, 15) is 4.79 Å². The molecule has 0 aliphatic carbocycles. The van der Waals surface area contributed by atoms with Crippen molar-refractivity contribution in [3.8, 4) is 0 Å². The molecular formula is C16H20N4O2. The SMILES string of the molecule is CCc1noc(C)c1C(=O)N1CCC[C@H](c2cnccn2)C1. The number of rotatable bonds is 3. The minimum absolute atomic E-state index is 0.0178. The average Bonchev–Trinajstić information content (AvgIpc) is 2.96. The van der Waals surface area contributed by atoms with Crippen LogP contribution in [0.1, 0.15) is 53.2 Å². The molecule has 0 spiro atoms. The van der Waals surface area contributed by atoms with E-state index in [-0.39, 0.29) is 11.8 Å². The second-order valence-electron chi connectivity index (χ2n) is 5.63. The van der Waals surface area contributed by atoms with Crippen molar-refractivity contribution >= 4 is 5.91 Å². The number of carbonyl (C=O) groups is 1. The summed E-state index contributed by atoms with van der Waals surface area (Å²) in [5.41, 5.74) is 2.32. The number of hydrogen-bond acceptors (Lipinski definition) is 5. The molecule has 0 aromatic carbocycles. The summed E-state index contributed by atoms with van der Waals surface area (Å²) in [7, 11) is 0. The molecule has 1 atom stereocenters. The molecule has 0 saturated carbocycles. The van der Waals surface area contributed by atoms with Gasteiger partial charge >= 0.3 is 0 Å². The van der Waals surface area contributed by atoms with Crippen molar-refractivity contribution < 1.29 is 9.32 Å². The topological polar surface area (TPSA) is 72.1 Å². The lowest BCUT2D eigenvalue weighted by molar-refractivity contribution is 0.0703. The Balaban J connectivity index is 1.80. The van der Waals surface area contributed by atoms with Gasteiger partial charge in [0.1, 0.15) is 11.3 Å². The third-order valence-electron chi connectivity index (χ3n) is 4.19. The number of likely N-dealkylation sites (tertiary alicyclic amines) is 1. The maximum absolute atomic E-state index is 12.8. The molecule has 3 heterocycles. The molecule has 0 bridgehead atoms. The van der Waals surface area contributed by atoms with E-state index < -0.39 is 0 Å². The molecule has 0 unspecified atom stereocenters. The highest BCUT2D eigenvalue weighted by Gasteiger charge is 2.29. The zero-order chi connectivity index (χ0) is 15.5. The standard InChI is InChI=1S/C16H20N4O2/c1-3-13-15(11(2)22-19-13)16(21)20-8-4-5-12(10-20)14-9-17-6-7-18-14/h6-7,9,12H,3-5,8,10H2,1-2H3/t12-/m0/s1. The van der Waals surface area contributed by atoms with Gasteiger partial charge in [0.2, 0.25) is 0 Å². The lowest BCUT2D eigenvalue weighted by atomic mass is 9.94. The first-order chi connectivity index (χ1) is 10.7. The fourth-order valence-electron chi connectivity index (χ4n) is 3.02. The molecule has 1 saturated heterocycles. The summed E-state index contributed by atoms with van der Waals surface area (Å²) < 4.78 is 5.19. The van der Waals surface area contributed by atoms with E-state index in [1.54, 1.807) is 25.5 Å². The van der Waals surface area contributed by atoms with Gasteiger partial charge in [-0.25, -0.2) is 0 Å². The van der Waals surface area contributed by atoms with Crippen LogP contribution in [0.3, 0.4) is 0 Å². The number of piperidine rings is 1. The van der Waals surface area contributed by atoms with Gasteiger partial charge in [-0.3, -0.25) is 14.8 Å². The van der Waals surface area contributed by atoms with E-state index in [1.807, 2.05) is 11.8 Å². The zero-order valence-electron chi connectivity index (χ0n) is 13.0.